The Morgan fingerprint density at radius 3 is 2.55 bits per heavy atom. The van der Waals surface area contributed by atoms with Crippen LogP contribution in [0.5, 0.6) is 11.6 Å². The van der Waals surface area contributed by atoms with E-state index in [4.69, 9.17) is 21.3 Å². The van der Waals surface area contributed by atoms with Crippen molar-refractivity contribution in [3.05, 3.63) is 75.4 Å². The Bertz CT molecular complexity index is 1740. The molecule has 0 unspecified atom stereocenters. The van der Waals surface area contributed by atoms with Gasteiger partial charge in [0.2, 0.25) is 11.8 Å². The Hall–Kier alpha value is -4.35. The second-order valence-corrected chi connectivity index (χ2v) is 10.6. The second-order valence-electron chi connectivity index (χ2n) is 10.2. The first kappa shape index (κ1) is 29.2. The van der Waals surface area contributed by atoms with Crippen molar-refractivity contribution >= 4 is 29.9 Å². The number of hydrogen-bond acceptors (Lipinski definition) is 7. The van der Waals surface area contributed by atoms with Gasteiger partial charge in [-0.25, -0.2) is 14.4 Å². The number of amides is 1. The van der Waals surface area contributed by atoms with E-state index >= 15 is 4.39 Å². The van der Waals surface area contributed by atoms with Gasteiger partial charge in [-0.1, -0.05) is 11.6 Å². The molecule has 1 aliphatic heterocycles. The van der Waals surface area contributed by atoms with Gasteiger partial charge in [0.25, 0.3) is 5.56 Å². The second kappa shape index (κ2) is 11.9. The van der Waals surface area contributed by atoms with Crippen LogP contribution in [0, 0.1) is 19.7 Å². The lowest BCUT2D eigenvalue weighted by Crippen LogP contribution is -2.40. The van der Waals surface area contributed by atoms with Crippen molar-refractivity contribution in [3.63, 3.8) is 0 Å². The predicted molar refractivity (Wildman–Crippen MR) is 158 cm³/mol. The van der Waals surface area contributed by atoms with Crippen molar-refractivity contribution in [2.75, 3.05) is 19.7 Å². The highest BCUT2D eigenvalue weighted by atomic mass is 35.5. The van der Waals surface area contributed by atoms with Crippen LogP contribution in [0.25, 0.3) is 22.4 Å². The number of aryl methyl sites for hydroxylation is 3. The van der Waals surface area contributed by atoms with Gasteiger partial charge in [-0.2, -0.15) is 0 Å². The number of rotatable bonds is 7. The maximum absolute atomic E-state index is 15.5. The van der Waals surface area contributed by atoms with Crippen LogP contribution >= 0.6 is 11.6 Å². The Balaban J connectivity index is 1.52. The predicted octanol–water partition coefficient (Wildman–Crippen LogP) is 5.00. The largest absolute Gasteiger partial charge is 0.439 e. The third kappa shape index (κ3) is 5.57. The molecule has 0 aliphatic carbocycles. The van der Waals surface area contributed by atoms with Crippen molar-refractivity contribution in [1.29, 1.82) is 0 Å². The van der Waals surface area contributed by atoms with Gasteiger partial charge >= 0.3 is 0 Å². The average Bonchev–Trinajstić information content (AvgIpc) is 3.27. The molecular formula is C30H30ClFN6O4. The molecule has 0 spiro atoms. The number of nitrogens with zero attached hydrogens (tertiary/aromatic N) is 6. The summed E-state index contributed by atoms with van der Waals surface area (Å²) in [5.74, 6) is 0.430. The van der Waals surface area contributed by atoms with Gasteiger partial charge in [-0.3, -0.25) is 14.6 Å². The number of halogens is 2. The van der Waals surface area contributed by atoms with Crippen LogP contribution in [0.3, 0.4) is 0 Å². The van der Waals surface area contributed by atoms with Crippen LogP contribution in [-0.2, 0) is 11.8 Å². The van der Waals surface area contributed by atoms with E-state index in [1.807, 2.05) is 13.8 Å². The van der Waals surface area contributed by atoms with Gasteiger partial charge in [0.15, 0.2) is 0 Å². The molecule has 0 atom stereocenters. The van der Waals surface area contributed by atoms with Crippen molar-refractivity contribution in [3.8, 4) is 34.0 Å². The first-order valence-electron chi connectivity index (χ1n) is 13.4. The third-order valence-corrected chi connectivity index (χ3v) is 7.81. The van der Waals surface area contributed by atoms with Crippen LogP contribution in [0.1, 0.15) is 30.4 Å². The SMILES string of the molecule is C=Nc1cc(F)c(-c2ccc(Oc3cc(=O)n(C)cn3)cc2Cl)cc1-c1c(C)nc(C)n1C1CCN(C(=O)CO)CC1. The highest BCUT2D eigenvalue weighted by Crippen LogP contribution is 2.42. The Morgan fingerprint density at radius 2 is 1.90 bits per heavy atom. The molecule has 10 nitrogen and oxygen atoms in total. The number of aromatic nitrogens is 4. The van der Waals surface area contributed by atoms with E-state index in [1.165, 1.54) is 29.1 Å². The monoisotopic (exact) mass is 592 g/mol. The minimum atomic E-state index is -0.527. The molecule has 2 aromatic carbocycles. The molecule has 4 aromatic rings. The topological polar surface area (TPSA) is 115 Å². The summed E-state index contributed by atoms with van der Waals surface area (Å²) in [6.07, 6.45) is 2.71. The molecule has 0 radical (unpaired) electrons. The molecular weight excluding hydrogens is 563 g/mol. The number of aliphatic imine (C=N–C) groups is 1. The zero-order chi connectivity index (χ0) is 30.1. The molecule has 0 saturated carbocycles. The first-order chi connectivity index (χ1) is 20.1. The number of carbonyl (C=O) groups is 1. The summed E-state index contributed by atoms with van der Waals surface area (Å²) < 4.78 is 24.7. The van der Waals surface area contributed by atoms with Crippen LogP contribution in [-0.4, -0.2) is 61.4 Å². The Morgan fingerprint density at radius 1 is 1.17 bits per heavy atom. The molecule has 1 aliphatic rings. The van der Waals surface area contributed by atoms with E-state index in [1.54, 1.807) is 30.1 Å². The molecule has 0 bridgehead atoms. The number of aliphatic hydroxyl groups is 1. The summed E-state index contributed by atoms with van der Waals surface area (Å²) in [4.78, 5) is 38.5. The number of carbonyl (C=O) groups excluding carboxylic acids is 1. The summed E-state index contributed by atoms with van der Waals surface area (Å²) in [5.41, 5.74) is 2.97. The van der Waals surface area contributed by atoms with Gasteiger partial charge in [-0.05, 0) is 51.6 Å². The smallest absolute Gasteiger partial charge is 0.256 e. The molecule has 218 valence electrons. The minimum absolute atomic E-state index is 0.0403. The van der Waals surface area contributed by atoms with Crippen LogP contribution in [0.2, 0.25) is 5.02 Å². The molecule has 1 fully saturated rings. The molecule has 1 amide bonds. The molecule has 3 heterocycles. The molecule has 12 heteroatoms. The van der Waals surface area contributed by atoms with Crippen LogP contribution in [0.4, 0.5) is 10.1 Å². The lowest BCUT2D eigenvalue weighted by atomic mass is 9.97. The van der Waals surface area contributed by atoms with Crippen LogP contribution in [0.15, 0.2) is 52.5 Å². The zero-order valence-electron chi connectivity index (χ0n) is 23.5. The molecule has 1 saturated heterocycles. The fraction of sp³-hybridized carbons (Fsp3) is 0.300. The lowest BCUT2D eigenvalue weighted by molar-refractivity contribution is -0.135. The van der Waals surface area contributed by atoms with Crippen molar-refractivity contribution in [2.24, 2.45) is 12.0 Å². The Labute approximate surface area is 246 Å². The van der Waals surface area contributed by atoms with E-state index in [0.717, 1.165) is 17.2 Å². The maximum Gasteiger partial charge on any atom is 0.256 e. The molecule has 1 N–H and O–H groups in total. The Kier molecular flexibility index (Phi) is 8.24. The van der Waals surface area contributed by atoms with Gasteiger partial charge < -0.3 is 23.9 Å². The van der Waals surface area contributed by atoms with Gasteiger partial charge in [0, 0.05) is 55.0 Å². The van der Waals surface area contributed by atoms with E-state index < -0.39 is 12.4 Å². The normalized spacial score (nSPS) is 13.8. The summed E-state index contributed by atoms with van der Waals surface area (Å²) in [5, 5.41) is 9.48. The van der Waals surface area contributed by atoms with E-state index in [9.17, 15) is 14.7 Å². The first-order valence-corrected chi connectivity index (χ1v) is 13.7. The summed E-state index contributed by atoms with van der Waals surface area (Å²) in [6.45, 7) is 8.00. The number of likely N-dealkylation sites (tertiary alicyclic amines) is 1. The minimum Gasteiger partial charge on any atom is -0.439 e. The fourth-order valence-corrected chi connectivity index (χ4v) is 5.69. The highest BCUT2D eigenvalue weighted by molar-refractivity contribution is 6.33. The number of piperidine rings is 1. The number of ether oxygens (including phenoxy) is 1. The summed E-state index contributed by atoms with van der Waals surface area (Å²) in [7, 11) is 1.58. The zero-order valence-corrected chi connectivity index (χ0v) is 24.2. The summed E-state index contributed by atoms with van der Waals surface area (Å²) in [6, 6.07) is 9.14. The molecule has 2 aromatic heterocycles. The quantitative estimate of drug-likeness (QED) is 0.302. The summed E-state index contributed by atoms with van der Waals surface area (Å²) >= 11 is 6.63. The van der Waals surface area contributed by atoms with Crippen molar-refractivity contribution in [1.82, 2.24) is 24.0 Å². The number of benzene rings is 2. The number of aliphatic hydroxyl groups excluding tert-OH is 1. The van der Waals surface area contributed by atoms with Gasteiger partial charge in [0.1, 0.15) is 30.3 Å². The van der Waals surface area contributed by atoms with E-state index in [-0.39, 0.29) is 34.0 Å². The maximum atomic E-state index is 15.5. The lowest BCUT2D eigenvalue weighted by Gasteiger charge is -2.34. The van der Waals surface area contributed by atoms with E-state index in [0.29, 0.717) is 48.5 Å². The fourth-order valence-electron chi connectivity index (χ4n) is 5.42. The van der Waals surface area contributed by atoms with Gasteiger partial charge in [-0.15, -0.1) is 0 Å². The third-order valence-electron chi connectivity index (χ3n) is 7.50. The van der Waals surface area contributed by atoms with Crippen molar-refractivity contribution in [2.45, 2.75) is 32.7 Å². The number of hydrogen-bond donors (Lipinski definition) is 1. The highest BCUT2D eigenvalue weighted by Gasteiger charge is 2.28. The van der Waals surface area contributed by atoms with E-state index in [2.05, 4.69) is 21.3 Å². The number of imidazole rings is 1. The average molecular weight is 593 g/mol. The standard InChI is InChI=1S/C30H30ClFN6O4/c1-17-30(38(18(2)35-17)19-7-9-37(10-8-19)29(41)15-39)23-12-22(25(32)13-26(23)33-3)21-6-5-20(11-24(21)31)42-27-14-28(40)36(4)16-34-27/h5-6,11-14,16,19,39H,3,7-10,15H2,1-2,4H3. The molecule has 42 heavy (non-hydrogen) atoms. The van der Waals surface area contributed by atoms with Gasteiger partial charge in [0.05, 0.1) is 28.2 Å². The van der Waals surface area contributed by atoms with Crippen LogP contribution < -0.4 is 10.3 Å². The van der Waals surface area contributed by atoms with Crippen molar-refractivity contribution < 1.29 is 19.0 Å². The molecule has 5 rings (SSSR count).